The van der Waals surface area contributed by atoms with Gasteiger partial charge in [-0.2, -0.15) is 0 Å². The molecule has 0 radical (unpaired) electrons. The molecule has 0 bridgehead atoms. The van der Waals surface area contributed by atoms with Crippen LogP contribution in [0.3, 0.4) is 0 Å². The van der Waals surface area contributed by atoms with E-state index in [1.165, 1.54) is 50.2 Å². The standard InChI is InChI=1S/C29H34F3N3/c1-4-12-28(13-6-14-28)15-11-20-9-10-23-25(16-20)34-19(3)35-27(23)33-18(2)21-7-5-8-22(26(21)30)24-17-29(24,31)32/h5,7-10,16,18,24H,4,6,11-15,17H2,1-3H3,(H,33,34,35)/t18-,24?/m1/s1. The van der Waals surface area contributed by atoms with Crippen molar-refractivity contribution in [2.24, 2.45) is 5.41 Å². The number of aromatic nitrogens is 2. The number of alkyl halides is 2. The number of rotatable bonds is 9. The number of benzene rings is 2. The summed E-state index contributed by atoms with van der Waals surface area (Å²) in [6.07, 6.45) is 8.57. The first kappa shape index (κ1) is 24.1. The van der Waals surface area contributed by atoms with Gasteiger partial charge in [0.2, 0.25) is 0 Å². The van der Waals surface area contributed by atoms with E-state index >= 15 is 4.39 Å². The average molecular weight is 482 g/mol. The molecule has 0 amide bonds. The number of nitrogens with one attached hydrogen (secondary N) is 1. The van der Waals surface area contributed by atoms with Crippen LogP contribution in [0, 0.1) is 18.2 Å². The number of fused-ring (bicyclic) bond motifs is 1. The van der Waals surface area contributed by atoms with Crippen LogP contribution in [0.2, 0.25) is 0 Å². The van der Waals surface area contributed by atoms with Gasteiger partial charge in [0.05, 0.1) is 17.5 Å². The first-order valence-corrected chi connectivity index (χ1v) is 12.9. The third-order valence-corrected chi connectivity index (χ3v) is 8.09. The van der Waals surface area contributed by atoms with Crippen molar-refractivity contribution in [2.45, 2.75) is 90.0 Å². The lowest BCUT2D eigenvalue weighted by Gasteiger charge is -2.42. The van der Waals surface area contributed by atoms with E-state index in [9.17, 15) is 8.78 Å². The maximum absolute atomic E-state index is 15.2. The third kappa shape index (κ3) is 4.76. The van der Waals surface area contributed by atoms with Crippen molar-refractivity contribution in [1.82, 2.24) is 9.97 Å². The second-order valence-electron chi connectivity index (χ2n) is 10.7. The van der Waals surface area contributed by atoms with E-state index in [4.69, 9.17) is 0 Å². The summed E-state index contributed by atoms with van der Waals surface area (Å²) in [6.45, 7) is 5.95. The van der Waals surface area contributed by atoms with E-state index < -0.39 is 23.7 Å². The van der Waals surface area contributed by atoms with E-state index in [1.807, 2.05) is 19.9 Å². The zero-order valence-electron chi connectivity index (χ0n) is 20.8. The monoisotopic (exact) mass is 481 g/mol. The molecule has 1 heterocycles. The predicted octanol–water partition coefficient (Wildman–Crippen LogP) is 8.28. The van der Waals surface area contributed by atoms with E-state index in [0.717, 1.165) is 17.3 Å². The second-order valence-corrected chi connectivity index (χ2v) is 10.7. The first-order valence-electron chi connectivity index (χ1n) is 12.9. The first-order chi connectivity index (χ1) is 16.7. The van der Waals surface area contributed by atoms with Crippen LogP contribution in [0.5, 0.6) is 0 Å². The highest BCUT2D eigenvalue weighted by Gasteiger charge is 2.58. The van der Waals surface area contributed by atoms with Gasteiger partial charge in [-0.15, -0.1) is 0 Å². The second kappa shape index (κ2) is 9.11. The molecule has 2 aliphatic carbocycles. The summed E-state index contributed by atoms with van der Waals surface area (Å²) in [5.41, 5.74) is 3.14. The molecule has 3 aromatic rings. The summed E-state index contributed by atoms with van der Waals surface area (Å²) < 4.78 is 42.3. The van der Waals surface area contributed by atoms with Gasteiger partial charge in [0, 0.05) is 17.4 Å². The molecule has 2 aromatic carbocycles. The highest BCUT2D eigenvalue weighted by Crippen LogP contribution is 2.56. The Morgan fingerprint density at radius 1 is 1.11 bits per heavy atom. The van der Waals surface area contributed by atoms with Crippen molar-refractivity contribution in [1.29, 1.82) is 0 Å². The van der Waals surface area contributed by atoms with Gasteiger partial charge < -0.3 is 5.32 Å². The summed E-state index contributed by atoms with van der Waals surface area (Å²) in [5.74, 6) is -3.11. The number of anilines is 1. The average Bonchev–Trinajstić information content (AvgIpc) is 3.42. The topological polar surface area (TPSA) is 37.8 Å². The molecule has 35 heavy (non-hydrogen) atoms. The van der Waals surface area contributed by atoms with Crippen LogP contribution in [-0.2, 0) is 6.42 Å². The highest BCUT2D eigenvalue weighted by atomic mass is 19.3. The van der Waals surface area contributed by atoms with Crippen molar-refractivity contribution in [3.63, 3.8) is 0 Å². The quantitative estimate of drug-likeness (QED) is 0.334. The number of halogens is 3. The zero-order valence-corrected chi connectivity index (χ0v) is 20.8. The Bertz CT molecular complexity index is 1240. The molecule has 6 heteroatoms. The minimum absolute atomic E-state index is 0.0989. The van der Waals surface area contributed by atoms with Gasteiger partial charge in [0.25, 0.3) is 5.92 Å². The number of hydrogen-bond donors (Lipinski definition) is 1. The van der Waals surface area contributed by atoms with Crippen LogP contribution in [0.25, 0.3) is 10.9 Å². The van der Waals surface area contributed by atoms with Gasteiger partial charge >= 0.3 is 0 Å². The lowest BCUT2D eigenvalue weighted by molar-refractivity contribution is 0.105. The molecule has 0 saturated heterocycles. The summed E-state index contributed by atoms with van der Waals surface area (Å²) in [4.78, 5) is 9.25. The van der Waals surface area contributed by atoms with Crippen molar-refractivity contribution in [3.8, 4) is 0 Å². The molecular formula is C29H34F3N3. The fourth-order valence-corrected chi connectivity index (χ4v) is 5.80. The maximum Gasteiger partial charge on any atom is 0.256 e. The lowest BCUT2D eigenvalue weighted by atomic mass is 9.63. The van der Waals surface area contributed by atoms with Gasteiger partial charge in [0.1, 0.15) is 17.5 Å². The summed E-state index contributed by atoms with van der Waals surface area (Å²) in [7, 11) is 0. The number of hydrogen-bond acceptors (Lipinski definition) is 3. The van der Waals surface area contributed by atoms with Gasteiger partial charge in [0.15, 0.2) is 0 Å². The molecule has 1 unspecified atom stereocenters. The van der Waals surface area contributed by atoms with Crippen molar-refractivity contribution >= 4 is 16.7 Å². The third-order valence-electron chi connectivity index (χ3n) is 8.09. The molecular weight excluding hydrogens is 447 g/mol. The van der Waals surface area contributed by atoms with Crippen molar-refractivity contribution in [3.05, 3.63) is 64.7 Å². The van der Waals surface area contributed by atoms with E-state index in [2.05, 4.69) is 34.3 Å². The van der Waals surface area contributed by atoms with Crippen LogP contribution in [0.1, 0.15) is 93.3 Å². The minimum atomic E-state index is -2.80. The van der Waals surface area contributed by atoms with Crippen molar-refractivity contribution < 1.29 is 13.2 Å². The molecule has 0 spiro atoms. The Labute approximate surface area is 205 Å². The Morgan fingerprint density at radius 3 is 2.54 bits per heavy atom. The van der Waals surface area contributed by atoms with Gasteiger partial charge in [-0.3, -0.25) is 0 Å². The summed E-state index contributed by atoms with van der Waals surface area (Å²) in [6, 6.07) is 10.7. The molecule has 186 valence electrons. The Kier molecular flexibility index (Phi) is 6.27. The van der Waals surface area contributed by atoms with Gasteiger partial charge in [-0.25, -0.2) is 23.1 Å². The smallest absolute Gasteiger partial charge is 0.256 e. The lowest BCUT2D eigenvalue weighted by Crippen LogP contribution is -2.29. The fourth-order valence-electron chi connectivity index (χ4n) is 5.80. The molecule has 1 aromatic heterocycles. The van der Waals surface area contributed by atoms with Crippen LogP contribution in [-0.4, -0.2) is 15.9 Å². The zero-order chi connectivity index (χ0) is 24.8. The molecule has 2 saturated carbocycles. The van der Waals surface area contributed by atoms with E-state index in [1.54, 1.807) is 12.1 Å². The largest absolute Gasteiger partial charge is 0.363 e. The minimum Gasteiger partial charge on any atom is -0.363 e. The van der Waals surface area contributed by atoms with Gasteiger partial charge in [-0.05, 0) is 74.6 Å². The summed E-state index contributed by atoms with van der Waals surface area (Å²) >= 11 is 0. The normalized spacial score (nSPS) is 20.9. The van der Waals surface area contributed by atoms with E-state index in [-0.39, 0.29) is 12.0 Å². The predicted molar refractivity (Wildman–Crippen MR) is 135 cm³/mol. The highest BCUT2D eigenvalue weighted by molar-refractivity contribution is 5.89. The van der Waals surface area contributed by atoms with Crippen LogP contribution in [0.15, 0.2) is 36.4 Å². The van der Waals surface area contributed by atoms with Crippen LogP contribution >= 0.6 is 0 Å². The molecule has 2 atom stereocenters. The molecule has 0 aliphatic heterocycles. The number of aryl methyl sites for hydroxylation is 2. The molecule has 2 aliphatic rings. The van der Waals surface area contributed by atoms with Crippen molar-refractivity contribution in [2.75, 3.05) is 5.32 Å². The Morgan fingerprint density at radius 2 is 1.89 bits per heavy atom. The van der Waals surface area contributed by atoms with Crippen LogP contribution in [0.4, 0.5) is 19.0 Å². The molecule has 3 nitrogen and oxygen atoms in total. The molecule has 5 rings (SSSR count). The Hall–Kier alpha value is -2.63. The SMILES string of the molecule is CCCC1(CCc2ccc3c(N[C@H](C)c4cccc(C5CC5(F)F)c4F)nc(C)nc3c2)CCC1. The maximum atomic E-state index is 15.2. The fraction of sp³-hybridized carbons (Fsp3) is 0.517. The Balaban J connectivity index is 1.36. The van der Waals surface area contributed by atoms with E-state index in [0.29, 0.717) is 22.6 Å². The molecule has 2 fully saturated rings. The van der Waals surface area contributed by atoms with Gasteiger partial charge in [-0.1, -0.05) is 44.0 Å². The molecule has 1 N–H and O–H groups in total. The summed E-state index contributed by atoms with van der Waals surface area (Å²) in [5, 5.41) is 4.20. The number of nitrogens with zero attached hydrogens (tertiary/aromatic N) is 2. The van der Waals surface area contributed by atoms with Crippen LogP contribution < -0.4 is 5.32 Å².